The van der Waals surface area contributed by atoms with E-state index in [9.17, 15) is 9.59 Å². The number of benzene rings is 2. The molecule has 2 aromatic carbocycles. The maximum Gasteiger partial charge on any atom is 0.255 e. The number of halogens is 2. The average Bonchev–Trinajstić information content (AvgIpc) is 2.68. The summed E-state index contributed by atoms with van der Waals surface area (Å²) >= 11 is 12.0. The number of nitrogens with one attached hydrogen (secondary N) is 1. The van der Waals surface area contributed by atoms with Crippen LogP contribution in [0.1, 0.15) is 41.7 Å². The Labute approximate surface area is 169 Å². The third-order valence-corrected chi connectivity index (χ3v) is 5.52. The Morgan fingerprint density at radius 3 is 2.37 bits per heavy atom. The highest BCUT2D eigenvalue weighted by molar-refractivity contribution is 6.36. The van der Waals surface area contributed by atoms with Gasteiger partial charge in [0.1, 0.15) is 0 Å². The van der Waals surface area contributed by atoms with Crippen LogP contribution in [-0.4, -0.2) is 29.8 Å². The fourth-order valence-electron chi connectivity index (χ4n) is 3.33. The lowest BCUT2D eigenvalue weighted by Crippen LogP contribution is -2.43. The molecule has 1 atom stereocenters. The lowest BCUT2D eigenvalue weighted by atomic mass is 9.94. The number of hydrogen-bond acceptors (Lipinski definition) is 2. The minimum absolute atomic E-state index is 0.0359. The van der Waals surface area contributed by atoms with Crippen LogP contribution in [0.2, 0.25) is 10.0 Å². The van der Waals surface area contributed by atoms with Crippen LogP contribution >= 0.6 is 23.2 Å². The fraction of sp³-hybridized carbons (Fsp3) is 0.333. The molecular weight excluding hydrogens is 383 g/mol. The molecule has 1 heterocycles. The van der Waals surface area contributed by atoms with Crippen LogP contribution in [-0.2, 0) is 4.79 Å². The van der Waals surface area contributed by atoms with Gasteiger partial charge in [-0.05, 0) is 43.5 Å². The van der Waals surface area contributed by atoms with Gasteiger partial charge >= 0.3 is 0 Å². The Hall–Kier alpha value is -2.04. The Bertz CT molecular complexity index is 818. The van der Waals surface area contributed by atoms with Crippen molar-refractivity contribution >= 4 is 35.0 Å². The molecule has 2 amide bonds. The van der Waals surface area contributed by atoms with Gasteiger partial charge in [-0.3, -0.25) is 9.59 Å². The molecular formula is C21H22Cl2N2O2. The van der Waals surface area contributed by atoms with E-state index in [0.29, 0.717) is 41.5 Å². The molecule has 1 aliphatic heterocycles. The SMILES string of the molecule is C[C@@H](NC(=O)C1CCN(C(=O)c2ccc(Cl)cc2Cl)CC1)c1ccccc1. The first kappa shape index (κ1) is 19.7. The van der Waals surface area contributed by atoms with Crippen LogP contribution in [0.4, 0.5) is 0 Å². The largest absolute Gasteiger partial charge is 0.349 e. The molecule has 0 unspecified atom stereocenters. The van der Waals surface area contributed by atoms with Gasteiger partial charge in [0.15, 0.2) is 0 Å². The molecule has 3 rings (SSSR count). The number of likely N-dealkylation sites (tertiary alicyclic amines) is 1. The van der Waals surface area contributed by atoms with Gasteiger partial charge in [-0.2, -0.15) is 0 Å². The van der Waals surface area contributed by atoms with E-state index in [1.165, 1.54) is 0 Å². The van der Waals surface area contributed by atoms with E-state index in [1.54, 1.807) is 23.1 Å². The lowest BCUT2D eigenvalue weighted by Gasteiger charge is -2.32. The number of carbonyl (C=O) groups is 2. The van der Waals surface area contributed by atoms with Crippen molar-refractivity contribution in [3.63, 3.8) is 0 Å². The van der Waals surface area contributed by atoms with Gasteiger partial charge in [0.25, 0.3) is 5.91 Å². The smallest absolute Gasteiger partial charge is 0.255 e. The van der Waals surface area contributed by atoms with Crippen LogP contribution in [0.15, 0.2) is 48.5 Å². The second-order valence-electron chi connectivity index (χ2n) is 6.83. The number of carbonyl (C=O) groups excluding carboxylic acids is 2. The van der Waals surface area contributed by atoms with E-state index >= 15 is 0 Å². The summed E-state index contributed by atoms with van der Waals surface area (Å²) in [5.41, 5.74) is 1.53. The summed E-state index contributed by atoms with van der Waals surface area (Å²) in [7, 11) is 0. The zero-order valence-electron chi connectivity index (χ0n) is 15.1. The van der Waals surface area contributed by atoms with Crippen LogP contribution in [0, 0.1) is 5.92 Å². The number of nitrogens with zero attached hydrogens (tertiary/aromatic N) is 1. The summed E-state index contributed by atoms with van der Waals surface area (Å²) < 4.78 is 0. The van der Waals surface area contributed by atoms with Gasteiger partial charge in [0.2, 0.25) is 5.91 Å². The van der Waals surface area contributed by atoms with Gasteiger partial charge in [-0.25, -0.2) is 0 Å². The van der Waals surface area contributed by atoms with Gasteiger partial charge in [0, 0.05) is 24.0 Å². The molecule has 0 saturated carbocycles. The number of rotatable bonds is 4. The maximum absolute atomic E-state index is 12.7. The second-order valence-corrected chi connectivity index (χ2v) is 7.68. The first-order valence-electron chi connectivity index (χ1n) is 9.05. The molecule has 0 radical (unpaired) electrons. The van der Waals surface area contributed by atoms with E-state index in [4.69, 9.17) is 23.2 Å². The molecule has 0 aromatic heterocycles. The number of amides is 2. The topological polar surface area (TPSA) is 49.4 Å². The van der Waals surface area contributed by atoms with E-state index in [2.05, 4.69) is 5.32 Å². The summed E-state index contributed by atoms with van der Waals surface area (Å²) in [5.74, 6) is -0.156. The van der Waals surface area contributed by atoms with E-state index in [0.717, 1.165) is 5.56 Å². The average molecular weight is 405 g/mol. The normalized spacial score (nSPS) is 16.0. The Morgan fingerprint density at radius 1 is 1.07 bits per heavy atom. The lowest BCUT2D eigenvalue weighted by molar-refractivity contribution is -0.126. The van der Waals surface area contributed by atoms with Crippen molar-refractivity contribution in [1.82, 2.24) is 10.2 Å². The van der Waals surface area contributed by atoms with Gasteiger partial charge in [0.05, 0.1) is 16.6 Å². The third-order valence-electron chi connectivity index (χ3n) is 4.97. The van der Waals surface area contributed by atoms with E-state index < -0.39 is 0 Å². The predicted octanol–water partition coefficient (Wildman–Crippen LogP) is 4.72. The summed E-state index contributed by atoms with van der Waals surface area (Å²) in [5, 5.41) is 3.93. The van der Waals surface area contributed by atoms with Crippen LogP contribution in [0.25, 0.3) is 0 Å². The zero-order chi connectivity index (χ0) is 19.4. The van der Waals surface area contributed by atoms with Gasteiger partial charge in [-0.15, -0.1) is 0 Å². The molecule has 27 heavy (non-hydrogen) atoms. The van der Waals surface area contributed by atoms with Crippen molar-refractivity contribution < 1.29 is 9.59 Å². The first-order valence-corrected chi connectivity index (χ1v) is 9.81. The molecule has 1 aliphatic rings. The van der Waals surface area contributed by atoms with Crippen molar-refractivity contribution in [1.29, 1.82) is 0 Å². The Kier molecular flexibility index (Phi) is 6.40. The third kappa shape index (κ3) is 4.82. The first-order chi connectivity index (χ1) is 13.0. The molecule has 0 spiro atoms. The Morgan fingerprint density at radius 2 is 1.74 bits per heavy atom. The fourth-order valence-corrected chi connectivity index (χ4v) is 3.82. The molecule has 1 N–H and O–H groups in total. The minimum atomic E-state index is -0.117. The van der Waals surface area contributed by atoms with Crippen LogP contribution in [0.3, 0.4) is 0 Å². The summed E-state index contributed by atoms with van der Waals surface area (Å²) in [6.45, 7) is 3.06. The van der Waals surface area contributed by atoms with Gasteiger partial charge < -0.3 is 10.2 Å². The predicted molar refractivity (Wildman–Crippen MR) is 108 cm³/mol. The van der Waals surface area contributed by atoms with Crippen LogP contribution in [0.5, 0.6) is 0 Å². The molecule has 6 heteroatoms. The second kappa shape index (κ2) is 8.77. The highest BCUT2D eigenvalue weighted by Gasteiger charge is 2.29. The molecule has 142 valence electrons. The maximum atomic E-state index is 12.7. The van der Waals surface area contributed by atoms with Crippen molar-refractivity contribution in [3.05, 3.63) is 69.7 Å². The van der Waals surface area contributed by atoms with Crippen LogP contribution < -0.4 is 5.32 Å². The van der Waals surface area contributed by atoms with Gasteiger partial charge in [-0.1, -0.05) is 53.5 Å². The highest BCUT2D eigenvalue weighted by Crippen LogP contribution is 2.25. The van der Waals surface area contributed by atoms with Crippen molar-refractivity contribution in [2.75, 3.05) is 13.1 Å². The van der Waals surface area contributed by atoms with E-state index in [-0.39, 0.29) is 23.8 Å². The quantitative estimate of drug-likeness (QED) is 0.800. The van der Waals surface area contributed by atoms with Crippen molar-refractivity contribution in [2.45, 2.75) is 25.8 Å². The number of piperidine rings is 1. The Balaban J connectivity index is 1.55. The molecule has 1 saturated heterocycles. The summed E-state index contributed by atoms with van der Waals surface area (Å²) in [6.07, 6.45) is 1.29. The molecule has 2 aromatic rings. The van der Waals surface area contributed by atoms with Crippen molar-refractivity contribution in [2.24, 2.45) is 5.92 Å². The molecule has 0 aliphatic carbocycles. The molecule has 0 bridgehead atoms. The monoisotopic (exact) mass is 404 g/mol. The zero-order valence-corrected chi connectivity index (χ0v) is 16.6. The molecule has 4 nitrogen and oxygen atoms in total. The standard InChI is InChI=1S/C21H22Cl2N2O2/c1-14(15-5-3-2-4-6-15)24-20(26)16-9-11-25(12-10-16)21(27)18-8-7-17(22)13-19(18)23/h2-8,13-14,16H,9-12H2,1H3,(H,24,26)/t14-/m1/s1. The molecule has 1 fully saturated rings. The number of hydrogen-bond donors (Lipinski definition) is 1. The van der Waals surface area contributed by atoms with E-state index in [1.807, 2.05) is 37.3 Å². The van der Waals surface area contributed by atoms with Crippen molar-refractivity contribution in [3.8, 4) is 0 Å². The summed E-state index contributed by atoms with van der Waals surface area (Å²) in [4.78, 5) is 27.0. The summed E-state index contributed by atoms with van der Waals surface area (Å²) in [6, 6.07) is 14.7. The minimum Gasteiger partial charge on any atom is -0.349 e. The highest BCUT2D eigenvalue weighted by atomic mass is 35.5.